The summed E-state index contributed by atoms with van der Waals surface area (Å²) >= 11 is 0. The van der Waals surface area contributed by atoms with Gasteiger partial charge < -0.3 is 20.1 Å². The molecule has 0 saturated heterocycles. The zero-order chi connectivity index (χ0) is 15.8. The summed E-state index contributed by atoms with van der Waals surface area (Å²) in [4.78, 5) is 23.9. The van der Waals surface area contributed by atoms with Crippen LogP contribution in [0.3, 0.4) is 0 Å². The van der Waals surface area contributed by atoms with Crippen LogP contribution in [0.1, 0.15) is 25.7 Å². The lowest BCUT2D eigenvalue weighted by molar-refractivity contribution is -0.136. The Morgan fingerprint density at radius 1 is 1.14 bits per heavy atom. The van der Waals surface area contributed by atoms with Gasteiger partial charge in [0.15, 0.2) is 0 Å². The lowest BCUT2D eigenvalue weighted by Gasteiger charge is -2.14. The zero-order valence-electron chi connectivity index (χ0n) is 12.8. The highest BCUT2D eigenvalue weighted by Crippen LogP contribution is 2.23. The van der Waals surface area contributed by atoms with Gasteiger partial charge in [-0.25, -0.2) is 0 Å². The predicted octanol–water partition coefficient (Wildman–Crippen LogP) is 1.71. The third-order valence-corrected chi connectivity index (χ3v) is 3.58. The third kappa shape index (κ3) is 4.73. The molecule has 0 radical (unpaired) electrons. The largest absolute Gasteiger partial charge is 0.489 e. The van der Waals surface area contributed by atoms with Gasteiger partial charge in [-0.2, -0.15) is 0 Å². The lowest BCUT2D eigenvalue weighted by atomic mass is 10.2. The summed E-state index contributed by atoms with van der Waals surface area (Å²) in [5.41, 5.74) is 0.477. The maximum atomic E-state index is 12.0. The van der Waals surface area contributed by atoms with E-state index in [1.165, 1.54) is 0 Å². The fourth-order valence-corrected chi connectivity index (χ4v) is 2.43. The molecule has 2 amide bonds. The second-order valence-corrected chi connectivity index (χ2v) is 5.25. The molecule has 22 heavy (non-hydrogen) atoms. The Hall–Kier alpha value is -2.08. The van der Waals surface area contributed by atoms with Gasteiger partial charge in [0.2, 0.25) is 0 Å². The van der Waals surface area contributed by atoms with Gasteiger partial charge in [0, 0.05) is 13.2 Å². The minimum atomic E-state index is -0.672. The number of rotatable bonds is 6. The van der Waals surface area contributed by atoms with Gasteiger partial charge in [0.05, 0.1) is 12.3 Å². The molecule has 0 atom stereocenters. The topological polar surface area (TPSA) is 76.7 Å². The van der Waals surface area contributed by atoms with E-state index in [-0.39, 0.29) is 6.04 Å². The molecule has 1 aliphatic rings. The van der Waals surface area contributed by atoms with Crippen molar-refractivity contribution in [2.75, 3.05) is 25.6 Å². The van der Waals surface area contributed by atoms with E-state index < -0.39 is 11.8 Å². The first-order valence-electron chi connectivity index (χ1n) is 7.53. The second kappa shape index (κ2) is 8.38. The molecular weight excluding hydrogens is 284 g/mol. The number of carbonyl (C=O) groups excluding carboxylic acids is 2. The molecule has 0 spiro atoms. The summed E-state index contributed by atoms with van der Waals surface area (Å²) in [6.45, 7) is 0.822. The summed E-state index contributed by atoms with van der Waals surface area (Å²) < 4.78 is 10.4. The van der Waals surface area contributed by atoms with Crippen molar-refractivity contribution in [1.82, 2.24) is 5.32 Å². The van der Waals surface area contributed by atoms with Crippen LogP contribution in [0.4, 0.5) is 5.69 Å². The quantitative estimate of drug-likeness (QED) is 0.619. The number of carbonyl (C=O) groups is 2. The average Bonchev–Trinajstić information content (AvgIpc) is 3.02. The van der Waals surface area contributed by atoms with Crippen molar-refractivity contribution in [3.05, 3.63) is 24.3 Å². The van der Waals surface area contributed by atoms with Crippen molar-refractivity contribution in [3.63, 3.8) is 0 Å². The van der Waals surface area contributed by atoms with Gasteiger partial charge in [-0.15, -0.1) is 0 Å². The number of methoxy groups -OCH3 is 1. The van der Waals surface area contributed by atoms with E-state index in [0.29, 0.717) is 24.7 Å². The standard InChI is InChI=1S/C16H22N2O4/c1-21-10-11-22-14-9-5-4-8-13(14)18-16(20)15(19)17-12-6-2-3-7-12/h4-5,8-9,12H,2-3,6-7,10-11H2,1H3,(H,17,19)(H,18,20). The average molecular weight is 306 g/mol. The van der Waals surface area contributed by atoms with Gasteiger partial charge in [0.25, 0.3) is 0 Å². The van der Waals surface area contributed by atoms with Crippen LogP contribution in [0.2, 0.25) is 0 Å². The molecule has 0 unspecified atom stereocenters. The Bertz CT molecular complexity index is 513. The SMILES string of the molecule is COCCOc1ccccc1NC(=O)C(=O)NC1CCCC1. The van der Waals surface area contributed by atoms with Gasteiger partial charge in [-0.1, -0.05) is 25.0 Å². The highest BCUT2D eigenvalue weighted by molar-refractivity contribution is 6.39. The molecule has 2 N–H and O–H groups in total. The van der Waals surface area contributed by atoms with Crippen molar-refractivity contribution < 1.29 is 19.1 Å². The molecule has 6 heteroatoms. The summed E-state index contributed by atoms with van der Waals surface area (Å²) in [6, 6.07) is 7.12. The van der Waals surface area contributed by atoms with E-state index in [0.717, 1.165) is 25.7 Å². The predicted molar refractivity (Wildman–Crippen MR) is 82.8 cm³/mol. The fraction of sp³-hybridized carbons (Fsp3) is 0.500. The van der Waals surface area contributed by atoms with Crippen molar-refractivity contribution in [2.45, 2.75) is 31.7 Å². The number of hydrogen-bond acceptors (Lipinski definition) is 4. The Balaban J connectivity index is 1.91. The molecule has 0 bridgehead atoms. The van der Waals surface area contributed by atoms with Crippen LogP contribution in [-0.4, -0.2) is 38.2 Å². The number of ether oxygens (including phenoxy) is 2. The van der Waals surface area contributed by atoms with Crippen molar-refractivity contribution >= 4 is 17.5 Å². The Morgan fingerprint density at radius 3 is 2.59 bits per heavy atom. The van der Waals surface area contributed by atoms with E-state index in [2.05, 4.69) is 10.6 Å². The molecule has 1 aromatic rings. The number of benzene rings is 1. The molecule has 0 aliphatic heterocycles. The van der Waals surface area contributed by atoms with Crippen molar-refractivity contribution in [2.24, 2.45) is 0 Å². The molecular formula is C16H22N2O4. The zero-order valence-corrected chi connectivity index (χ0v) is 12.8. The highest BCUT2D eigenvalue weighted by Gasteiger charge is 2.22. The maximum Gasteiger partial charge on any atom is 0.313 e. The van der Waals surface area contributed by atoms with Crippen LogP contribution in [0, 0.1) is 0 Å². The molecule has 1 saturated carbocycles. The first kappa shape index (κ1) is 16.3. The Labute approximate surface area is 130 Å². The summed E-state index contributed by atoms with van der Waals surface area (Å²) in [6.07, 6.45) is 4.08. The molecule has 1 aromatic carbocycles. The fourth-order valence-electron chi connectivity index (χ4n) is 2.43. The lowest BCUT2D eigenvalue weighted by Crippen LogP contribution is -2.40. The van der Waals surface area contributed by atoms with Crippen molar-refractivity contribution in [3.8, 4) is 5.75 Å². The van der Waals surface area contributed by atoms with Gasteiger partial charge in [-0.3, -0.25) is 9.59 Å². The van der Waals surface area contributed by atoms with Gasteiger partial charge >= 0.3 is 11.8 Å². The number of anilines is 1. The summed E-state index contributed by atoms with van der Waals surface area (Å²) in [5, 5.41) is 5.35. The van der Waals surface area contributed by atoms with E-state index >= 15 is 0 Å². The summed E-state index contributed by atoms with van der Waals surface area (Å²) in [5.74, 6) is -0.755. The maximum absolute atomic E-state index is 12.0. The van der Waals surface area contributed by atoms with Crippen LogP contribution in [-0.2, 0) is 14.3 Å². The number of amides is 2. The molecule has 0 aromatic heterocycles. The Morgan fingerprint density at radius 2 is 1.86 bits per heavy atom. The van der Waals surface area contributed by atoms with E-state index in [1.807, 2.05) is 0 Å². The highest BCUT2D eigenvalue weighted by atomic mass is 16.5. The van der Waals surface area contributed by atoms with Crippen LogP contribution in [0.15, 0.2) is 24.3 Å². The first-order valence-corrected chi connectivity index (χ1v) is 7.53. The molecule has 0 heterocycles. The molecule has 120 valence electrons. The third-order valence-electron chi connectivity index (χ3n) is 3.58. The van der Waals surface area contributed by atoms with E-state index in [9.17, 15) is 9.59 Å². The number of hydrogen-bond donors (Lipinski definition) is 2. The minimum absolute atomic E-state index is 0.117. The van der Waals surface area contributed by atoms with Crippen LogP contribution in [0.5, 0.6) is 5.75 Å². The molecule has 1 fully saturated rings. The second-order valence-electron chi connectivity index (χ2n) is 5.25. The van der Waals surface area contributed by atoms with E-state index in [1.54, 1.807) is 31.4 Å². The van der Waals surface area contributed by atoms with Crippen LogP contribution < -0.4 is 15.4 Å². The molecule has 2 rings (SSSR count). The van der Waals surface area contributed by atoms with Gasteiger partial charge in [-0.05, 0) is 25.0 Å². The minimum Gasteiger partial charge on any atom is -0.489 e. The first-order chi connectivity index (χ1) is 10.7. The van der Waals surface area contributed by atoms with Crippen molar-refractivity contribution in [1.29, 1.82) is 0 Å². The number of nitrogens with one attached hydrogen (secondary N) is 2. The molecule has 1 aliphatic carbocycles. The monoisotopic (exact) mass is 306 g/mol. The number of para-hydroxylation sites is 2. The normalized spacial score (nSPS) is 14.6. The van der Waals surface area contributed by atoms with Gasteiger partial charge in [0.1, 0.15) is 12.4 Å². The molecule has 6 nitrogen and oxygen atoms in total. The Kier molecular flexibility index (Phi) is 6.21. The summed E-state index contributed by atoms with van der Waals surface area (Å²) in [7, 11) is 1.59. The smallest absolute Gasteiger partial charge is 0.313 e. The van der Waals surface area contributed by atoms with Crippen LogP contribution >= 0.6 is 0 Å². The van der Waals surface area contributed by atoms with Crippen LogP contribution in [0.25, 0.3) is 0 Å². The van der Waals surface area contributed by atoms with E-state index in [4.69, 9.17) is 9.47 Å².